The van der Waals surface area contributed by atoms with Crippen LogP contribution in [0.15, 0.2) is 48.5 Å². The molecule has 3 aromatic rings. The van der Waals surface area contributed by atoms with Crippen molar-refractivity contribution in [2.45, 2.75) is 12.2 Å². The second kappa shape index (κ2) is 6.26. The van der Waals surface area contributed by atoms with Gasteiger partial charge in [0.15, 0.2) is 5.82 Å². The molecule has 1 atom stereocenters. The first-order chi connectivity index (χ1) is 11.3. The average molecular weight is 353 g/mol. The molecule has 124 valence electrons. The molecule has 0 unspecified atom stereocenters. The molecule has 8 heteroatoms. The van der Waals surface area contributed by atoms with Crippen molar-refractivity contribution in [1.29, 1.82) is 0 Å². The number of nitrogens with one attached hydrogen (secondary N) is 1. The maximum Gasteiger partial charge on any atom is 0.416 e. The fourth-order valence-corrected chi connectivity index (χ4v) is 2.30. The molecule has 24 heavy (non-hydrogen) atoms. The molecule has 0 saturated heterocycles. The van der Waals surface area contributed by atoms with Crippen molar-refractivity contribution in [2.75, 3.05) is 0 Å². The van der Waals surface area contributed by atoms with Crippen molar-refractivity contribution >= 4 is 11.6 Å². The van der Waals surface area contributed by atoms with E-state index >= 15 is 0 Å². The van der Waals surface area contributed by atoms with E-state index in [1.807, 2.05) is 0 Å². The Labute approximate surface area is 140 Å². The Kier molecular flexibility index (Phi) is 4.29. The van der Waals surface area contributed by atoms with E-state index in [-0.39, 0.29) is 5.82 Å². The smallest absolute Gasteiger partial charge is 0.318 e. The molecule has 0 fully saturated rings. The molecule has 0 bridgehead atoms. The van der Waals surface area contributed by atoms with E-state index in [0.29, 0.717) is 16.4 Å². The molecule has 3 N–H and O–H groups in total. The summed E-state index contributed by atoms with van der Waals surface area (Å²) in [7, 11) is 0. The van der Waals surface area contributed by atoms with Gasteiger partial charge in [-0.25, -0.2) is 4.98 Å². The van der Waals surface area contributed by atoms with Gasteiger partial charge in [-0.05, 0) is 29.8 Å². The van der Waals surface area contributed by atoms with Gasteiger partial charge in [0.2, 0.25) is 0 Å². The molecule has 0 aliphatic carbocycles. The Balaban J connectivity index is 1.83. The van der Waals surface area contributed by atoms with Gasteiger partial charge >= 0.3 is 6.18 Å². The van der Waals surface area contributed by atoms with Gasteiger partial charge in [0.05, 0.1) is 11.6 Å². The number of alkyl halides is 3. The quantitative estimate of drug-likeness (QED) is 0.742. The van der Waals surface area contributed by atoms with E-state index in [9.17, 15) is 13.2 Å². The Hall–Kier alpha value is -2.38. The predicted molar refractivity (Wildman–Crippen MR) is 84.3 cm³/mol. The minimum atomic E-state index is -4.38. The number of benzene rings is 2. The average Bonchev–Trinajstić information content (AvgIpc) is 3.04. The van der Waals surface area contributed by atoms with Gasteiger partial charge in [-0.2, -0.15) is 18.3 Å². The summed E-state index contributed by atoms with van der Waals surface area (Å²) in [4.78, 5) is 4.27. The summed E-state index contributed by atoms with van der Waals surface area (Å²) in [6.45, 7) is 0. The highest BCUT2D eigenvalue weighted by Gasteiger charge is 2.30. The van der Waals surface area contributed by atoms with Crippen LogP contribution in [0.25, 0.3) is 11.4 Å². The van der Waals surface area contributed by atoms with Crippen LogP contribution in [0.5, 0.6) is 0 Å². The summed E-state index contributed by atoms with van der Waals surface area (Å²) in [6.07, 6.45) is -4.38. The summed E-state index contributed by atoms with van der Waals surface area (Å²) in [5, 5.41) is 7.33. The number of hydrogen-bond acceptors (Lipinski definition) is 3. The number of aromatic amines is 1. The van der Waals surface area contributed by atoms with E-state index in [1.54, 1.807) is 24.3 Å². The van der Waals surface area contributed by atoms with Gasteiger partial charge in [0.1, 0.15) is 5.82 Å². The molecule has 0 aliphatic rings. The molecule has 1 aromatic heterocycles. The number of rotatable bonds is 3. The van der Waals surface area contributed by atoms with E-state index in [4.69, 9.17) is 17.3 Å². The van der Waals surface area contributed by atoms with Crippen LogP contribution in [-0.4, -0.2) is 15.2 Å². The number of H-pyrrole nitrogens is 1. The van der Waals surface area contributed by atoms with Crippen molar-refractivity contribution in [3.63, 3.8) is 0 Å². The summed E-state index contributed by atoms with van der Waals surface area (Å²) in [5.41, 5.74) is 6.64. The van der Waals surface area contributed by atoms with Gasteiger partial charge in [-0.3, -0.25) is 5.10 Å². The van der Waals surface area contributed by atoms with Crippen LogP contribution in [0.1, 0.15) is 23.0 Å². The number of nitrogens with two attached hydrogens (primary N) is 1. The fraction of sp³-hybridized carbons (Fsp3) is 0.125. The summed E-state index contributed by atoms with van der Waals surface area (Å²) >= 11 is 5.83. The first-order valence-electron chi connectivity index (χ1n) is 6.95. The van der Waals surface area contributed by atoms with Crippen molar-refractivity contribution in [1.82, 2.24) is 15.2 Å². The SMILES string of the molecule is N[C@@H](c1ccc(Cl)cc1)c1nc(-c2ccc(C(F)(F)F)cc2)n[nH]1. The zero-order valence-electron chi connectivity index (χ0n) is 12.2. The van der Waals surface area contributed by atoms with E-state index in [1.165, 1.54) is 12.1 Å². The second-order valence-electron chi connectivity index (χ2n) is 5.15. The molecule has 2 aromatic carbocycles. The van der Waals surface area contributed by atoms with Crippen LogP contribution in [-0.2, 0) is 6.18 Å². The molecule has 0 saturated carbocycles. The van der Waals surface area contributed by atoms with Gasteiger partial charge in [0, 0.05) is 10.6 Å². The molecule has 3 rings (SSSR count). The van der Waals surface area contributed by atoms with Crippen molar-refractivity contribution in [3.05, 3.63) is 70.5 Å². The fourth-order valence-electron chi connectivity index (χ4n) is 2.18. The van der Waals surface area contributed by atoms with Gasteiger partial charge in [-0.15, -0.1) is 0 Å². The lowest BCUT2D eigenvalue weighted by Gasteiger charge is -2.08. The lowest BCUT2D eigenvalue weighted by atomic mass is 10.1. The number of nitrogens with zero attached hydrogens (tertiary/aromatic N) is 2. The van der Waals surface area contributed by atoms with Crippen LogP contribution in [0.3, 0.4) is 0 Å². The van der Waals surface area contributed by atoms with Crippen LogP contribution in [0.2, 0.25) is 5.02 Å². The van der Waals surface area contributed by atoms with Gasteiger partial charge in [0.25, 0.3) is 0 Å². The number of hydrogen-bond donors (Lipinski definition) is 2. The standard InChI is InChI=1S/C16H12ClF3N4/c17-12-7-3-9(4-8-12)13(21)15-22-14(23-24-15)10-1-5-11(6-2-10)16(18,19)20/h1-8,13H,21H2,(H,22,23,24)/t13-/m0/s1. The highest BCUT2D eigenvalue weighted by molar-refractivity contribution is 6.30. The minimum Gasteiger partial charge on any atom is -0.318 e. The summed E-state index contributed by atoms with van der Waals surface area (Å²) in [6, 6.07) is 11.1. The normalized spacial score (nSPS) is 13.0. The van der Waals surface area contributed by atoms with E-state index in [0.717, 1.165) is 17.7 Å². The molecule has 0 aliphatic heterocycles. The predicted octanol–water partition coefficient (Wildman–Crippen LogP) is 4.19. The third kappa shape index (κ3) is 3.42. The van der Waals surface area contributed by atoms with Crippen LogP contribution < -0.4 is 5.73 Å². The monoisotopic (exact) mass is 352 g/mol. The first-order valence-corrected chi connectivity index (χ1v) is 7.33. The van der Waals surface area contributed by atoms with E-state index in [2.05, 4.69) is 15.2 Å². The summed E-state index contributed by atoms with van der Waals surface area (Å²) in [5.74, 6) is 0.690. The molecular formula is C16H12ClF3N4. The number of halogens is 4. The molecular weight excluding hydrogens is 341 g/mol. The third-order valence-electron chi connectivity index (χ3n) is 3.50. The number of aromatic nitrogens is 3. The third-order valence-corrected chi connectivity index (χ3v) is 3.75. The maximum atomic E-state index is 12.6. The Bertz CT molecular complexity index is 826. The van der Waals surface area contributed by atoms with Gasteiger partial charge < -0.3 is 5.73 Å². The minimum absolute atomic E-state index is 0.281. The maximum absolute atomic E-state index is 12.6. The Morgan fingerprint density at radius 1 is 1.00 bits per heavy atom. The van der Waals surface area contributed by atoms with Crippen molar-refractivity contribution in [3.8, 4) is 11.4 Å². The van der Waals surface area contributed by atoms with E-state index < -0.39 is 17.8 Å². The highest BCUT2D eigenvalue weighted by Crippen LogP contribution is 2.30. The largest absolute Gasteiger partial charge is 0.416 e. The Morgan fingerprint density at radius 2 is 1.62 bits per heavy atom. The topological polar surface area (TPSA) is 67.6 Å². The molecule has 0 radical (unpaired) electrons. The lowest BCUT2D eigenvalue weighted by molar-refractivity contribution is -0.137. The Morgan fingerprint density at radius 3 is 2.21 bits per heavy atom. The molecule has 0 amide bonds. The highest BCUT2D eigenvalue weighted by atomic mass is 35.5. The zero-order chi connectivity index (χ0) is 17.3. The molecule has 4 nitrogen and oxygen atoms in total. The lowest BCUT2D eigenvalue weighted by Crippen LogP contribution is -2.13. The molecule has 1 heterocycles. The first kappa shape index (κ1) is 16.5. The van der Waals surface area contributed by atoms with Crippen molar-refractivity contribution < 1.29 is 13.2 Å². The van der Waals surface area contributed by atoms with Gasteiger partial charge in [-0.1, -0.05) is 35.9 Å². The summed E-state index contributed by atoms with van der Waals surface area (Å²) < 4.78 is 37.8. The van der Waals surface area contributed by atoms with Crippen molar-refractivity contribution in [2.24, 2.45) is 5.73 Å². The zero-order valence-corrected chi connectivity index (χ0v) is 12.9. The van der Waals surface area contributed by atoms with Crippen LogP contribution >= 0.6 is 11.6 Å². The second-order valence-corrected chi connectivity index (χ2v) is 5.59. The van der Waals surface area contributed by atoms with Crippen LogP contribution in [0.4, 0.5) is 13.2 Å². The van der Waals surface area contributed by atoms with Crippen LogP contribution in [0, 0.1) is 0 Å². The molecule has 0 spiro atoms.